The van der Waals surface area contributed by atoms with Crippen LogP contribution in [0.2, 0.25) is 0 Å². The molecule has 1 rings (SSSR count). The molecule has 1 aromatic carbocycles. The van der Waals surface area contributed by atoms with E-state index in [4.69, 9.17) is 4.74 Å². The van der Waals surface area contributed by atoms with Crippen LogP contribution in [0.25, 0.3) is 0 Å². The van der Waals surface area contributed by atoms with Crippen molar-refractivity contribution < 1.29 is 4.74 Å². The average Bonchev–Trinajstić information content (AvgIpc) is 2.63. The number of halogens is 1. The Balaban J connectivity index is 2.28. The van der Waals surface area contributed by atoms with Gasteiger partial charge in [-0.1, -0.05) is 112 Å². The standard InChI is InChI=1S/C24H41BrO/c1-5-7-8-9-10-11-12-13-14-18-21-23(3,25)24(4,6-2)26-22-19-16-15-17-20-22/h15-17,19-20H,5-14,18,21H2,1-4H3. The van der Waals surface area contributed by atoms with Gasteiger partial charge in [0.05, 0.1) is 4.32 Å². The zero-order chi connectivity index (χ0) is 19.3. The summed E-state index contributed by atoms with van der Waals surface area (Å²) in [5.74, 6) is 0.964. The summed E-state index contributed by atoms with van der Waals surface area (Å²) >= 11 is 4.02. The Bertz CT molecular complexity index is 457. The van der Waals surface area contributed by atoms with Crippen molar-refractivity contribution in [3.8, 4) is 5.75 Å². The monoisotopic (exact) mass is 424 g/mol. The number of hydrogen-bond acceptors (Lipinski definition) is 1. The fraction of sp³-hybridized carbons (Fsp3) is 0.750. The van der Waals surface area contributed by atoms with Crippen LogP contribution in [0.5, 0.6) is 5.75 Å². The molecule has 0 aliphatic carbocycles. The predicted molar refractivity (Wildman–Crippen MR) is 120 cm³/mol. The van der Waals surface area contributed by atoms with Gasteiger partial charge < -0.3 is 4.74 Å². The van der Waals surface area contributed by atoms with Crippen molar-refractivity contribution in [3.05, 3.63) is 30.3 Å². The summed E-state index contributed by atoms with van der Waals surface area (Å²) in [5, 5.41) is 0. The third kappa shape index (κ3) is 8.46. The van der Waals surface area contributed by atoms with Gasteiger partial charge in [0.15, 0.2) is 0 Å². The Morgan fingerprint density at radius 1 is 0.769 bits per heavy atom. The minimum absolute atomic E-state index is 0.00918. The Labute approximate surface area is 171 Å². The SMILES string of the molecule is CCCCCCCCCCCCC(C)(Br)C(C)(CC)Oc1ccccc1. The van der Waals surface area contributed by atoms with Gasteiger partial charge >= 0.3 is 0 Å². The first-order valence-corrected chi connectivity index (χ1v) is 11.7. The molecule has 0 aliphatic rings. The molecule has 0 fully saturated rings. The van der Waals surface area contributed by atoms with E-state index in [-0.39, 0.29) is 9.93 Å². The van der Waals surface area contributed by atoms with Gasteiger partial charge in [-0.05, 0) is 38.8 Å². The van der Waals surface area contributed by atoms with Crippen molar-refractivity contribution in [2.45, 2.75) is 115 Å². The van der Waals surface area contributed by atoms with Crippen LogP contribution < -0.4 is 4.74 Å². The van der Waals surface area contributed by atoms with Crippen LogP contribution in [0.4, 0.5) is 0 Å². The number of rotatable bonds is 15. The van der Waals surface area contributed by atoms with Gasteiger partial charge in [-0.2, -0.15) is 0 Å². The van der Waals surface area contributed by atoms with Crippen molar-refractivity contribution in [1.29, 1.82) is 0 Å². The maximum Gasteiger partial charge on any atom is 0.121 e. The number of unbranched alkanes of at least 4 members (excludes halogenated alkanes) is 9. The van der Waals surface area contributed by atoms with Crippen LogP contribution in [-0.4, -0.2) is 9.93 Å². The number of para-hydroxylation sites is 1. The highest BCUT2D eigenvalue weighted by molar-refractivity contribution is 9.10. The molecule has 26 heavy (non-hydrogen) atoms. The summed E-state index contributed by atoms with van der Waals surface area (Å²) in [7, 11) is 0. The van der Waals surface area contributed by atoms with Crippen LogP contribution in [0.15, 0.2) is 30.3 Å². The quantitative estimate of drug-likeness (QED) is 0.202. The lowest BCUT2D eigenvalue weighted by Gasteiger charge is -2.42. The molecule has 150 valence electrons. The maximum absolute atomic E-state index is 6.41. The number of alkyl halides is 1. The summed E-state index contributed by atoms with van der Waals surface area (Å²) in [6, 6.07) is 10.2. The summed E-state index contributed by atoms with van der Waals surface area (Å²) in [4.78, 5) is 0. The molecule has 0 heterocycles. The van der Waals surface area contributed by atoms with E-state index in [1.165, 1.54) is 64.2 Å². The second kappa shape index (κ2) is 12.8. The van der Waals surface area contributed by atoms with Crippen LogP contribution in [0, 0.1) is 0 Å². The maximum atomic E-state index is 6.41. The molecular weight excluding hydrogens is 384 g/mol. The minimum Gasteiger partial charge on any atom is -0.486 e. The molecule has 0 radical (unpaired) electrons. The third-order valence-corrected chi connectivity index (χ3v) is 7.10. The molecule has 0 N–H and O–H groups in total. The Kier molecular flexibility index (Phi) is 11.6. The van der Waals surface area contributed by atoms with E-state index in [2.05, 4.69) is 55.8 Å². The molecule has 0 aromatic heterocycles. The molecule has 1 nitrogen and oxygen atoms in total. The van der Waals surface area contributed by atoms with E-state index < -0.39 is 0 Å². The molecule has 0 aliphatic heterocycles. The normalized spacial score (nSPS) is 16.0. The lowest BCUT2D eigenvalue weighted by Crippen LogP contribution is -2.49. The van der Waals surface area contributed by atoms with Crippen molar-refractivity contribution in [2.75, 3.05) is 0 Å². The van der Waals surface area contributed by atoms with Crippen molar-refractivity contribution in [1.82, 2.24) is 0 Å². The first kappa shape index (κ1) is 23.5. The highest BCUT2D eigenvalue weighted by Gasteiger charge is 2.43. The summed E-state index contributed by atoms with van der Waals surface area (Å²) in [6.45, 7) is 9.05. The van der Waals surface area contributed by atoms with E-state index in [0.29, 0.717) is 0 Å². The molecule has 2 atom stereocenters. The van der Waals surface area contributed by atoms with Crippen molar-refractivity contribution in [3.63, 3.8) is 0 Å². The third-order valence-electron chi connectivity index (χ3n) is 5.86. The molecule has 2 unspecified atom stereocenters. The zero-order valence-corrected chi connectivity index (χ0v) is 19.2. The van der Waals surface area contributed by atoms with Gasteiger partial charge in [-0.3, -0.25) is 0 Å². The first-order chi connectivity index (χ1) is 12.4. The fourth-order valence-corrected chi connectivity index (χ4v) is 4.15. The lowest BCUT2D eigenvalue weighted by molar-refractivity contribution is 0.0453. The van der Waals surface area contributed by atoms with Crippen LogP contribution in [0.3, 0.4) is 0 Å². The van der Waals surface area contributed by atoms with E-state index in [9.17, 15) is 0 Å². The van der Waals surface area contributed by atoms with Gasteiger partial charge in [-0.25, -0.2) is 0 Å². The summed E-state index contributed by atoms with van der Waals surface area (Å²) in [5.41, 5.74) is -0.201. The second-order valence-corrected chi connectivity index (χ2v) is 9.88. The number of ether oxygens (including phenoxy) is 1. The Morgan fingerprint density at radius 3 is 1.77 bits per heavy atom. The lowest BCUT2D eigenvalue weighted by atomic mass is 9.83. The molecule has 1 aromatic rings. The smallest absolute Gasteiger partial charge is 0.121 e. The highest BCUT2D eigenvalue weighted by atomic mass is 79.9. The Hall–Kier alpha value is -0.500. The fourth-order valence-electron chi connectivity index (χ4n) is 3.50. The van der Waals surface area contributed by atoms with Gasteiger partial charge in [0, 0.05) is 0 Å². The average molecular weight is 425 g/mol. The minimum atomic E-state index is -0.201. The first-order valence-electron chi connectivity index (χ1n) is 10.9. The van der Waals surface area contributed by atoms with Gasteiger partial charge in [-0.15, -0.1) is 0 Å². The van der Waals surface area contributed by atoms with Gasteiger partial charge in [0.25, 0.3) is 0 Å². The second-order valence-electron chi connectivity index (χ2n) is 8.13. The van der Waals surface area contributed by atoms with Crippen LogP contribution in [-0.2, 0) is 0 Å². The van der Waals surface area contributed by atoms with E-state index in [0.717, 1.165) is 18.6 Å². The van der Waals surface area contributed by atoms with Crippen LogP contribution in [0.1, 0.15) is 105 Å². The van der Waals surface area contributed by atoms with E-state index in [1.54, 1.807) is 0 Å². The molecule has 0 bridgehead atoms. The van der Waals surface area contributed by atoms with Crippen molar-refractivity contribution >= 4 is 15.9 Å². The van der Waals surface area contributed by atoms with E-state index in [1.807, 2.05) is 18.2 Å². The van der Waals surface area contributed by atoms with Gasteiger partial charge in [0.1, 0.15) is 11.4 Å². The molecule has 0 saturated heterocycles. The Morgan fingerprint density at radius 2 is 1.27 bits per heavy atom. The topological polar surface area (TPSA) is 9.23 Å². The van der Waals surface area contributed by atoms with Gasteiger partial charge in [0.2, 0.25) is 0 Å². The highest BCUT2D eigenvalue weighted by Crippen LogP contribution is 2.41. The number of benzene rings is 1. The number of hydrogen-bond donors (Lipinski definition) is 0. The molecule has 0 saturated carbocycles. The molecule has 0 spiro atoms. The molecule has 2 heteroatoms. The van der Waals surface area contributed by atoms with Crippen molar-refractivity contribution in [2.24, 2.45) is 0 Å². The van der Waals surface area contributed by atoms with Crippen LogP contribution >= 0.6 is 15.9 Å². The molecule has 0 amide bonds. The molecular formula is C24H41BrO. The predicted octanol–water partition coefficient (Wildman–Crippen LogP) is 8.70. The van der Waals surface area contributed by atoms with E-state index >= 15 is 0 Å². The largest absolute Gasteiger partial charge is 0.486 e. The zero-order valence-electron chi connectivity index (χ0n) is 17.7. The summed E-state index contributed by atoms with van der Waals surface area (Å²) < 4.78 is 6.40. The summed E-state index contributed by atoms with van der Waals surface area (Å²) in [6.07, 6.45) is 16.0.